The van der Waals surface area contributed by atoms with E-state index in [1.165, 1.54) is 7.11 Å². The lowest BCUT2D eigenvalue weighted by Crippen LogP contribution is -2.53. The summed E-state index contributed by atoms with van der Waals surface area (Å²) in [6.07, 6.45) is 3.40. The molecule has 6 heteroatoms. The number of hydrogen-bond acceptors (Lipinski definition) is 4. The summed E-state index contributed by atoms with van der Waals surface area (Å²) >= 11 is 0. The molecule has 2 unspecified atom stereocenters. The van der Waals surface area contributed by atoms with Crippen molar-refractivity contribution < 1.29 is 19.1 Å². The molecule has 2 amide bonds. The smallest absolute Gasteiger partial charge is 0.409 e. The number of nitrogens with zero attached hydrogens (tertiary/aromatic N) is 1. The number of methoxy groups -OCH3 is 1. The predicted molar refractivity (Wildman–Crippen MR) is 84.8 cm³/mol. The maximum Gasteiger partial charge on any atom is 0.409 e. The summed E-state index contributed by atoms with van der Waals surface area (Å²) in [4.78, 5) is 25.4. The van der Waals surface area contributed by atoms with Gasteiger partial charge in [-0.3, -0.25) is 0 Å². The average Bonchev–Trinajstić information content (AvgIpc) is 2.41. The van der Waals surface area contributed by atoms with Crippen LogP contribution in [0.3, 0.4) is 0 Å². The number of hydrogen-bond donors (Lipinski definition) is 1. The average molecular weight is 314 g/mol. The highest BCUT2D eigenvalue weighted by atomic mass is 16.6. The Balaban J connectivity index is 2.63. The first kappa shape index (κ1) is 18.6. The first-order valence-corrected chi connectivity index (χ1v) is 8.07. The highest BCUT2D eigenvalue weighted by Gasteiger charge is 2.31. The van der Waals surface area contributed by atoms with Gasteiger partial charge < -0.3 is 19.7 Å². The molecule has 128 valence electrons. The lowest BCUT2D eigenvalue weighted by atomic mass is 9.90. The minimum atomic E-state index is -0.525. The maximum atomic E-state index is 11.9. The van der Waals surface area contributed by atoms with Crippen LogP contribution in [0.5, 0.6) is 0 Å². The van der Waals surface area contributed by atoms with E-state index in [4.69, 9.17) is 9.47 Å². The van der Waals surface area contributed by atoms with Gasteiger partial charge in [0.15, 0.2) is 0 Å². The number of unbranched alkanes of at least 4 members (excludes halogenated alkanes) is 1. The Labute approximate surface area is 133 Å². The number of carbonyl (C=O) groups excluding carboxylic acids is 2. The Morgan fingerprint density at radius 3 is 2.50 bits per heavy atom. The van der Waals surface area contributed by atoms with Crippen LogP contribution in [0, 0.1) is 5.92 Å². The number of amides is 2. The zero-order chi connectivity index (χ0) is 16.8. The van der Waals surface area contributed by atoms with Crippen LogP contribution in [0.25, 0.3) is 0 Å². The molecule has 0 bridgehead atoms. The summed E-state index contributed by atoms with van der Waals surface area (Å²) in [7, 11) is 1.38. The largest absolute Gasteiger partial charge is 0.453 e. The molecule has 0 aromatic carbocycles. The fourth-order valence-electron chi connectivity index (χ4n) is 2.76. The zero-order valence-electron chi connectivity index (χ0n) is 14.5. The van der Waals surface area contributed by atoms with Crippen LogP contribution >= 0.6 is 0 Å². The standard InChI is InChI=1S/C16H30N2O4/c1-6-7-8-12-9-13(11-18(10-12)15(20)21-5)17-14(19)22-16(2,3)4/h12-13H,6-11H2,1-5H3,(H,17,19). The molecule has 0 radical (unpaired) electrons. The van der Waals surface area contributed by atoms with Crippen molar-refractivity contribution in [1.82, 2.24) is 10.2 Å². The van der Waals surface area contributed by atoms with E-state index in [0.717, 1.165) is 25.7 Å². The van der Waals surface area contributed by atoms with E-state index in [-0.39, 0.29) is 12.1 Å². The molecular weight excluding hydrogens is 284 g/mol. The first-order valence-electron chi connectivity index (χ1n) is 8.07. The zero-order valence-corrected chi connectivity index (χ0v) is 14.5. The Bertz CT molecular complexity index is 379. The number of ether oxygens (including phenoxy) is 2. The molecule has 1 aliphatic rings. The third-order valence-corrected chi connectivity index (χ3v) is 3.66. The van der Waals surface area contributed by atoms with E-state index in [2.05, 4.69) is 12.2 Å². The van der Waals surface area contributed by atoms with Gasteiger partial charge in [0.05, 0.1) is 13.2 Å². The number of nitrogens with one attached hydrogen (secondary N) is 1. The van der Waals surface area contributed by atoms with E-state index in [1.54, 1.807) is 4.90 Å². The molecule has 1 N–H and O–H groups in total. The molecule has 0 spiro atoms. The number of likely N-dealkylation sites (tertiary alicyclic amines) is 1. The van der Waals surface area contributed by atoms with Crippen LogP contribution in [0.2, 0.25) is 0 Å². The molecule has 2 atom stereocenters. The Morgan fingerprint density at radius 2 is 1.95 bits per heavy atom. The van der Waals surface area contributed by atoms with Crippen LogP contribution in [-0.2, 0) is 9.47 Å². The van der Waals surface area contributed by atoms with Crippen LogP contribution < -0.4 is 5.32 Å². The van der Waals surface area contributed by atoms with Crippen molar-refractivity contribution >= 4 is 12.2 Å². The number of carbonyl (C=O) groups is 2. The van der Waals surface area contributed by atoms with Gasteiger partial charge in [-0.15, -0.1) is 0 Å². The van der Waals surface area contributed by atoms with Gasteiger partial charge in [-0.2, -0.15) is 0 Å². The molecule has 1 heterocycles. The lowest BCUT2D eigenvalue weighted by Gasteiger charge is -2.37. The topological polar surface area (TPSA) is 67.9 Å². The molecule has 1 fully saturated rings. The highest BCUT2D eigenvalue weighted by Crippen LogP contribution is 2.23. The van der Waals surface area contributed by atoms with Crippen molar-refractivity contribution in [3.8, 4) is 0 Å². The maximum absolute atomic E-state index is 11.9. The molecule has 0 saturated carbocycles. The van der Waals surface area contributed by atoms with Crippen molar-refractivity contribution in [2.75, 3.05) is 20.2 Å². The molecule has 6 nitrogen and oxygen atoms in total. The molecule has 1 saturated heterocycles. The van der Waals surface area contributed by atoms with Gasteiger partial charge in [-0.25, -0.2) is 9.59 Å². The van der Waals surface area contributed by atoms with Gasteiger partial charge in [-0.1, -0.05) is 19.8 Å². The molecule has 0 aliphatic carbocycles. The summed E-state index contributed by atoms with van der Waals surface area (Å²) in [5.74, 6) is 0.382. The molecule has 0 aromatic heterocycles. The summed E-state index contributed by atoms with van der Waals surface area (Å²) in [6.45, 7) is 8.81. The third-order valence-electron chi connectivity index (χ3n) is 3.66. The van der Waals surface area contributed by atoms with Gasteiger partial charge in [0.1, 0.15) is 5.60 Å². The summed E-state index contributed by atoms with van der Waals surface area (Å²) in [5.41, 5.74) is -0.525. The SMILES string of the molecule is CCCCC1CC(NC(=O)OC(C)(C)C)CN(C(=O)OC)C1. The fourth-order valence-corrected chi connectivity index (χ4v) is 2.76. The number of alkyl carbamates (subject to hydrolysis) is 1. The number of rotatable bonds is 4. The van der Waals surface area contributed by atoms with Crippen molar-refractivity contribution in [1.29, 1.82) is 0 Å². The normalized spacial score (nSPS) is 22.1. The van der Waals surface area contributed by atoms with Gasteiger partial charge >= 0.3 is 12.2 Å². The van der Waals surface area contributed by atoms with E-state index in [0.29, 0.717) is 19.0 Å². The molecular formula is C16H30N2O4. The highest BCUT2D eigenvalue weighted by molar-refractivity contribution is 5.69. The monoisotopic (exact) mass is 314 g/mol. The van der Waals surface area contributed by atoms with E-state index in [1.807, 2.05) is 20.8 Å². The molecule has 22 heavy (non-hydrogen) atoms. The van der Waals surface area contributed by atoms with E-state index < -0.39 is 11.7 Å². The van der Waals surface area contributed by atoms with Crippen LogP contribution in [0.4, 0.5) is 9.59 Å². The minimum absolute atomic E-state index is 0.0930. The van der Waals surface area contributed by atoms with Crippen LogP contribution in [0.1, 0.15) is 53.4 Å². The summed E-state index contributed by atoms with van der Waals surface area (Å²) in [6, 6.07) is -0.0930. The molecule has 1 aliphatic heterocycles. The quantitative estimate of drug-likeness (QED) is 0.865. The second-order valence-electron chi connectivity index (χ2n) is 6.96. The van der Waals surface area contributed by atoms with E-state index >= 15 is 0 Å². The second-order valence-corrected chi connectivity index (χ2v) is 6.96. The van der Waals surface area contributed by atoms with Crippen molar-refractivity contribution in [3.63, 3.8) is 0 Å². The third kappa shape index (κ3) is 6.54. The minimum Gasteiger partial charge on any atom is -0.453 e. The van der Waals surface area contributed by atoms with Gasteiger partial charge in [-0.05, 0) is 39.5 Å². The first-order chi connectivity index (χ1) is 10.2. The predicted octanol–water partition coefficient (Wildman–Crippen LogP) is 3.16. The Hall–Kier alpha value is -1.46. The van der Waals surface area contributed by atoms with Gasteiger partial charge in [0.25, 0.3) is 0 Å². The molecule has 0 aromatic rings. The summed E-state index contributed by atoms with van der Waals surface area (Å²) < 4.78 is 10.1. The Kier molecular flexibility index (Phi) is 6.97. The Morgan fingerprint density at radius 1 is 1.27 bits per heavy atom. The van der Waals surface area contributed by atoms with Crippen molar-refractivity contribution in [2.45, 2.75) is 65.0 Å². The number of piperidine rings is 1. The van der Waals surface area contributed by atoms with Gasteiger partial charge in [0, 0.05) is 13.1 Å². The van der Waals surface area contributed by atoms with Crippen LogP contribution in [-0.4, -0.2) is 48.9 Å². The van der Waals surface area contributed by atoms with Crippen molar-refractivity contribution in [3.05, 3.63) is 0 Å². The van der Waals surface area contributed by atoms with Crippen LogP contribution in [0.15, 0.2) is 0 Å². The fraction of sp³-hybridized carbons (Fsp3) is 0.875. The summed E-state index contributed by atoms with van der Waals surface area (Å²) in [5, 5.41) is 2.88. The van der Waals surface area contributed by atoms with Gasteiger partial charge in [0.2, 0.25) is 0 Å². The molecule has 1 rings (SSSR count). The second kappa shape index (κ2) is 8.25. The van der Waals surface area contributed by atoms with E-state index in [9.17, 15) is 9.59 Å². The lowest BCUT2D eigenvalue weighted by molar-refractivity contribution is 0.0431. The van der Waals surface area contributed by atoms with Crippen molar-refractivity contribution in [2.24, 2.45) is 5.92 Å².